The molecule has 0 saturated heterocycles. The maximum atomic E-state index is 9.32. The van der Waals surface area contributed by atoms with Crippen LogP contribution in [0.3, 0.4) is 0 Å². The Hall–Kier alpha value is -3.59. The lowest BCUT2D eigenvalue weighted by atomic mass is 9.97. The van der Waals surface area contributed by atoms with Crippen LogP contribution in [0, 0.1) is 16.7 Å². The number of hydrogen-bond acceptors (Lipinski definition) is 5. The highest BCUT2D eigenvalue weighted by Gasteiger charge is 2.16. The Kier molecular flexibility index (Phi) is 4.36. The first-order valence-electron chi connectivity index (χ1n) is 9.09. The summed E-state index contributed by atoms with van der Waals surface area (Å²) in [6.45, 7) is 7.36. The van der Waals surface area contributed by atoms with Crippen LogP contribution in [0.5, 0.6) is 0 Å². The maximum absolute atomic E-state index is 9.32. The monoisotopic (exact) mass is 368 g/mol. The van der Waals surface area contributed by atoms with E-state index in [1.54, 1.807) is 12.3 Å². The van der Waals surface area contributed by atoms with Gasteiger partial charge in [-0.2, -0.15) is 20.6 Å². The molecule has 0 atom stereocenters. The Morgan fingerprint density at radius 1 is 1.07 bits per heavy atom. The zero-order chi connectivity index (χ0) is 19.7. The molecule has 6 heteroatoms. The summed E-state index contributed by atoms with van der Waals surface area (Å²) in [4.78, 5) is 4.58. The Balaban J connectivity index is 1.83. The predicted molar refractivity (Wildman–Crippen MR) is 108 cm³/mol. The molecule has 1 aromatic carbocycles. The van der Waals surface area contributed by atoms with E-state index in [4.69, 9.17) is 0 Å². The summed E-state index contributed by atoms with van der Waals surface area (Å²) in [5, 5.41) is 23.0. The van der Waals surface area contributed by atoms with E-state index in [2.05, 4.69) is 47.1 Å². The van der Waals surface area contributed by atoms with Gasteiger partial charge in [0.15, 0.2) is 0 Å². The number of hydrogen-bond donors (Lipinski definition) is 0. The molecule has 0 fully saturated rings. The molecule has 0 N–H and O–H groups in total. The minimum atomic E-state index is 0.131. The van der Waals surface area contributed by atoms with Gasteiger partial charge in [-0.3, -0.25) is 4.68 Å². The van der Waals surface area contributed by atoms with Gasteiger partial charge >= 0.3 is 0 Å². The quantitative estimate of drug-likeness (QED) is 0.533. The highest BCUT2D eigenvalue weighted by Crippen LogP contribution is 2.32. The minimum absolute atomic E-state index is 0.131. The summed E-state index contributed by atoms with van der Waals surface area (Å²) < 4.78 is 1.95. The second kappa shape index (κ2) is 6.86. The van der Waals surface area contributed by atoms with Crippen LogP contribution in [0.4, 0.5) is 0 Å². The van der Waals surface area contributed by atoms with Crippen molar-refractivity contribution in [2.45, 2.75) is 27.3 Å². The summed E-state index contributed by atoms with van der Waals surface area (Å²) in [7, 11) is 0. The third-order valence-corrected chi connectivity index (χ3v) is 4.38. The molecule has 6 nitrogen and oxygen atoms in total. The Morgan fingerprint density at radius 3 is 2.71 bits per heavy atom. The van der Waals surface area contributed by atoms with Crippen LogP contribution in [-0.2, 0) is 6.54 Å². The zero-order valence-corrected chi connectivity index (χ0v) is 16.1. The summed E-state index contributed by atoms with van der Waals surface area (Å²) in [5.41, 5.74) is 4.83. The molecule has 0 radical (unpaired) electrons. The van der Waals surface area contributed by atoms with Crippen molar-refractivity contribution in [2.24, 2.45) is 5.41 Å². The van der Waals surface area contributed by atoms with Gasteiger partial charge in [-0.15, -0.1) is 0 Å². The van der Waals surface area contributed by atoms with E-state index in [-0.39, 0.29) is 5.41 Å². The predicted octanol–water partition coefficient (Wildman–Crippen LogP) is 4.47. The molecule has 0 aliphatic carbocycles. The summed E-state index contributed by atoms with van der Waals surface area (Å²) in [6.07, 6.45) is 5.55. The van der Waals surface area contributed by atoms with Crippen molar-refractivity contribution in [3.05, 3.63) is 60.7 Å². The van der Waals surface area contributed by atoms with Crippen molar-refractivity contribution in [3.8, 4) is 28.5 Å². The van der Waals surface area contributed by atoms with Gasteiger partial charge in [0.05, 0.1) is 23.6 Å². The van der Waals surface area contributed by atoms with Crippen molar-refractivity contribution >= 4 is 10.9 Å². The SMILES string of the molecule is CC(C)(C)Cn1cc(-c2ccc(C#N)nc2-c2ccc3ccnnc3c2)cn1. The Bertz CT molecular complexity index is 1190. The Morgan fingerprint density at radius 2 is 1.93 bits per heavy atom. The van der Waals surface area contributed by atoms with Crippen LogP contribution in [0.15, 0.2) is 55.0 Å². The van der Waals surface area contributed by atoms with Crippen LogP contribution in [-0.4, -0.2) is 25.0 Å². The molecular formula is C22H20N6. The molecule has 0 unspecified atom stereocenters. The fourth-order valence-corrected chi connectivity index (χ4v) is 3.18. The van der Waals surface area contributed by atoms with Crippen molar-refractivity contribution in [3.63, 3.8) is 0 Å². The molecule has 4 rings (SSSR count). The zero-order valence-electron chi connectivity index (χ0n) is 16.1. The van der Waals surface area contributed by atoms with E-state index < -0.39 is 0 Å². The Labute approximate surface area is 163 Å². The van der Waals surface area contributed by atoms with Gasteiger partial charge in [-0.25, -0.2) is 4.98 Å². The molecular weight excluding hydrogens is 348 g/mol. The molecule has 0 bridgehead atoms. The maximum Gasteiger partial charge on any atom is 0.141 e. The lowest BCUT2D eigenvalue weighted by Gasteiger charge is -2.17. The first-order valence-corrected chi connectivity index (χ1v) is 9.09. The topological polar surface area (TPSA) is 80.3 Å². The third kappa shape index (κ3) is 3.60. The van der Waals surface area contributed by atoms with Gasteiger partial charge in [0.25, 0.3) is 0 Å². The lowest BCUT2D eigenvalue weighted by Crippen LogP contribution is -2.15. The van der Waals surface area contributed by atoms with Crippen LogP contribution < -0.4 is 0 Å². The summed E-state index contributed by atoms with van der Waals surface area (Å²) in [6, 6.07) is 13.7. The van der Waals surface area contributed by atoms with Gasteiger partial charge in [-0.1, -0.05) is 32.9 Å². The van der Waals surface area contributed by atoms with Crippen LogP contribution in [0.1, 0.15) is 26.5 Å². The number of fused-ring (bicyclic) bond motifs is 1. The molecule has 28 heavy (non-hydrogen) atoms. The molecule has 138 valence electrons. The molecule has 0 saturated carbocycles. The van der Waals surface area contributed by atoms with Gasteiger partial charge < -0.3 is 0 Å². The smallest absolute Gasteiger partial charge is 0.141 e. The molecule has 0 aliphatic rings. The van der Waals surface area contributed by atoms with Crippen LogP contribution >= 0.6 is 0 Å². The number of pyridine rings is 1. The molecule has 0 spiro atoms. The average Bonchev–Trinajstić information content (AvgIpc) is 3.13. The van der Waals surface area contributed by atoms with Gasteiger partial charge in [0.2, 0.25) is 0 Å². The standard InChI is InChI=1S/C22H20N6/c1-22(2,3)14-28-13-17(12-25-28)19-7-6-18(11-23)26-21(19)16-5-4-15-8-9-24-27-20(15)10-16/h4-10,12-13H,14H2,1-3H3. The highest BCUT2D eigenvalue weighted by atomic mass is 15.3. The first-order chi connectivity index (χ1) is 13.4. The fourth-order valence-electron chi connectivity index (χ4n) is 3.18. The average molecular weight is 368 g/mol. The number of aromatic nitrogens is 5. The lowest BCUT2D eigenvalue weighted by molar-refractivity contribution is 0.325. The van der Waals surface area contributed by atoms with Gasteiger partial charge in [0.1, 0.15) is 11.8 Å². The molecule has 0 aliphatic heterocycles. The molecule has 4 aromatic rings. The second-order valence-corrected chi connectivity index (χ2v) is 8.00. The van der Waals surface area contributed by atoms with Gasteiger partial charge in [-0.05, 0) is 29.7 Å². The van der Waals surface area contributed by atoms with Crippen molar-refractivity contribution in [1.82, 2.24) is 25.0 Å². The van der Waals surface area contributed by atoms with E-state index in [1.807, 2.05) is 47.4 Å². The molecule has 3 heterocycles. The number of nitriles is 1. The molecule has 0 amide bonds. The van der Waals surface area contributed by atoms with Gasteiger partial charge in [0, 0.05) is 34.8 Å². The van der Waals surface area contributed by atoms with Crippen molar-refractivity contribution < 1.29 is 0 Å². The number of benzene rings is 1. The second-order valence-electron chi connectivity index (χ2n) is 8.00. The third-order valence-electron chi connectivity index (χ3n) is 4.38. The van der Waals surface area contributed by atoms with Crippen molar-refractivity contribution in [1.29, 1.82) is 5.26 Å². The number of nitrogens with zero attached hydrogens (tertiary/aromatic N) is 6. The first kappa shape index (κ1) is 17.8. The van der Waals surface area contributed by atoms with E-state index in [0.717, 1.165) is 39.8 Å². The van der Waals surface area contributed by atoms with E-state index in [1.165, 1.54) is 0 Å². The van der Waals surface area contributed by atoms with E-state index in [0.29, 0.717) is 5.69 Å². The van der Waals surface area contributed by atoms with Crippen LogP contribution in [0.25, 0.3) is 33.3 Å². The fraction of sp³-hybridized carbons (Fsp3) is 0.227. The van der Waals surface area contributed by atoms with Crippen LogP contribution in [0.2, 0.25) is 0 Å². The highest BCUT2D eigenvalue weighted by molar-refractivity contribution is 5.87. The minimum Gasteiger partial charge on any atom is -0.272 e. The molecule has 3 aromatic heterocycles. The normalized spacial score (nSPS) is 11.5. The summed E-state index contributed by atoms with van der Waals surface area (Å²) >= 11 is 0. The number of rotatable bonds is 3. The van der Waals surface area contributed by atoms with Crippen molar-refractivity contribution in [2.75, 3.05) is 0 Å². The summed E-state index contributed by atoms with van der Waals surface area (Å²) in [5.74, 6) is 0. The van der Waals surface area contributed by atoms with E-state index >= 15 is 0 Å². The van der Waals surface area contributed by atoms with E-state index in [9.17, 15) is 5.26 Å². The largest absolute Gasteiger partial charge is 0.272 e.